The van der Waals surface area contributed by atoms with Gasteiger partial charge in [0.15, 0.2) is 0 Å². The van der Waals surface area contributed by atoms with Gasteiger partial charge in [-0.3, -0.25) is 4.57 Å². The summed E-state index contributed by atoms with van der Waals surface area (Å²) in [6.45, 7) is 0. The zero-order chi connectivity index (χ0) is 15.9. The predicted octanol–water partition coefficient (Wildman–Crippen LogP) is 3.35. The van der Waals surface area contributed by atoms with E-state index in [2.05, 4.69) is 4.98 Å². The van der Waals surface area contributed by atoms with Gasteiger partial charge in [-0.15, -0.1) is 0 Å². The minimum atomic E-state index is -4.53. The number of fused-ring (bicyclic) bond motifs is 1. The van der Waals surface area contributed by atoms with Gasteiger partial charge in [-0.2, -0.15) is 13.2 Å². The zero-order valence-corrected chi connectivity index (χ0v) is 11.4. The van der Waals surface area contributed by atoms with Gasteiger partial charge in [0.25, 0.3) is 0 Å². The van der Waals surface area contributed by atoms with E-state index in [-0.39, 0.29) is 11.0 Å². The van der Waals surface area contributed by atoms with Crippen molar-refractivity contribution in [1.29, 1.82) is 0 Å². The molecule has 0 bridgehead atoms. The van der Waals surface area contributed by atoms with Crippen LogP contribution in [0.25, 0.3) is 16.7 Å². The Hall–Kier alpha value is -2.70. The molecule has 0 fully saturated rings. The molecular formula is C15H11F3N2O2. The lowest BCUT2D eigenvalue weighted by molar-refractivity contribution is -0.136. The molecule has 0 saturated carbocycles. The van der Waals surface area contributed by atoms with Crippen LogP contribution in [0, 0.1) is 0 Å². The average molecular weight is 308 g/mol. The first-order chi connectivity index (χ1) is 10.4. The molecule has 0 aliphatic carbocycles. The summed E-state index contributed by atoms with van der Waals surface area (Å²) in [4.78, 5) is 14.4. The lowest BCUT2D eigenvalue weighted by Crippen LogP contribution is -2.14. The molecule has 22 heavy (non-hydrogen) atoms. The summed E-state index contributed by atoms with van der Waals surface area (Å²) >= 11 is 0. The first-order valence-electron chi connectivity index (χ1n) is 6.37. The van der Waals surface area contributed by atoms with Crippen molar-refractivity contribution in [2.75, 3.05) is 7.11 Å². The highest BCUT2D eigenvalue weighted by Gasteiger charge is 2.33. The van der Waals surface area contributed by atoms with Crippen molar-refractivity contribution in [2.24, 2.45) is 0 Å². The number of aromatic amines is 1. The molecule has 1 aromatic heterocycles. The number of para-hydroxylation sites is 1. The van der Waals surface area contributed by atoms with Gasteiger partial charge in [0.05, 0.1) is 29.4 Å². The Kier molecular flexibility index (Phi) is 3.20. The van der Waals surface area contributed by atoms with E-state index in [1.807, 2.05) is 0 Å². The van der Waals surface area contributed by atoms with Crippen molar-refractivity contribution in [1.82, 2.24) is 9.55 Å². The van der Waals surface area contributed by atoms with Crippen LogP contribution < -0.4 is 10.4 Å². The smallest absolute Gasteiger partial charge is 0.418 e. The van der Waals surface area contributed by atoms with Crippen molar-refractivity contribution >= 4 is 11.0 Å². The van der Waals surface area contributed by atoms with Crippen LogP contribution in [-0.2, 0) is 6.18 Å². The monoisotopic (exact) mass is 308 g/mol. The van der Waals surface area contributed by atoms with Gasteiger partial charge in [0.2, 0.25) is 0 Å². The molecule has 0 atom stereocenters. The number of nitrogens with one attached hydrogen (secondary N) is 1. The Bertz CT molecular complexity index is 876. The highest BCUT2D eigenvalue weighted by molar-refractivity contribution is 5.81. The molecule has 0 spiro atoms. The third-order valence-electron chi connectivity index (χ3n) is 3.35. The predicted molar refractivity (Wildman–Crippen MR) is 75.4 cm³/mol. The molecule has 2 aromatic carbocycles. The van der Waals surface area contributed by atoms with Gasteiger partial charge in [-0.05, 0) is 36.4 Å². The molecule has 0 saturated heterocycles. The van der Waals surface area contributed by atoms with Gasteiger partial charge in [-0.1, -0.05) is 6.07 Å². The number of imidazole rings is 1. The van der Waals surface area contributed by atoms with Crippen molar-refractivity contribution in [2.45, 2.75) is 6.18 Å². The van der Waals surface area contributed by atoms with Crippen LogP contribution in [0.5, 0.6) is 5.75 Å². The largest absolute Gasteiger partial charge is 0.497 e. The van der Waals surface area contributed by atoms with Crippen LogP contribution in [0.4, 0.5) is 13.2 Å². The van der Waals surface area contributed by atoms with Gasteiger partial charge in [0.1, 0.15) is 5.75 Å². The summed E-state index contributed by atoms with van der Waals surface area (Å²) in [5, 5.41) is 0. The molecule has 1 N–H and O–H groups in total. The number of alkyl halides is 3. The number of ether oxygens (including phenoxy) is 1. The summed E-state index contributed by atoms with van der Waals surface area (Å²) in [6, 6.07) is 10.2. The summed E-state index contributed by atoms with van der Waals surface area (Å²) in [5.41, 5.74) is -1.09. The summed E-state index contributed by atoms with van der Waals surface area (Å²) < 4.78 is 45.3. The second kappa shape index (κ2) is 4.94. The molecule has 3 rings (SSSR count). The first kappa shape index (κ1) is 14.2. The van der Waals surface area contributed by atoms with E-state index in [1.54, 1.807) is 24.3 Å². The maximum Gasteiger partial charge on any atom is 0.418 e. The Morgan fingerprint density at radius 3 is 2.36 bits per heavy atom. The Morgan fingerprint density at radius 1 is 1.09 bits per heavy atom. The molecular weight excluding hydrogens is 297 g/mol. The lowest BCUT2D eigenvalue weighted by Gasteiger charge is -2.08. The number of nitrogens with zero attached hydrogens (tertiary/aromatic N) is 1. The summed E-state index contributed by atoms with van der Waals surface area (Å²) in [5.74, 6) is 0.590. The van der Waals surface area contributed by atoms with Crippen LogP contribution in [0.2, 0.25) is 0 Å². The number of H-pyrrole nitrogens is 1. The summed E-state index contributed by atoms with van der Waals surface area (Å²) in [7, 11) is 1.50. The maximum absolute atomic E-state index is 13.0. The molecule has 7 heteroatoms. The number of benzene rings is 2. The van der Waals surface area contributed by atoms with Crippen LogP contribution >= 0.6 is 0 Å². The van der Waals surface area contributed by atoms with Crippen molar-refractivity contribution in [3.63, 3.8) is 0 Å². The average Bonchev–Trinajstić information content (AvgIpc) is 2.82. The SMILES string of the molecule is COc1ccc(-n2c(=O)[nH]c3c(C(F)(F)F)cccc32)cc1. The minimum absolute atomic E-state index is 0.171. The number of rotatable bonds is 2. The molecule has 114 valence electrons. The number of methoxy groups -OCH3 is 1. The standard InChI is InChI=1S/C15H11F3N2O2/c1-22-10-7-5-9(6-8-10)20-12-4-2-3-11(15(16,17)18)13(12)19-14(20)21/h2-8H,1H3,(H,19,21). The van der Waals surface area contributed by atoms with E-state index in [0.29, 0.717) is 11.4 Å². The molecule has 4 nitrogen and oxygen atoms in total. The van der Waals surface area contributed by atoms with Gasteiger partial charge in [-0.25, -0.2) is 4.79 Å². The second-order valence-electron chi connectivity index (χ2n) is 4.66. The van der Waals surface area contributed by atoms with Crippen molar-refractivity contribution in [3.05, 3.63) is 58.5 Å². The maximum atomic E-state index is 13.0. The fraction of sp³-hybridized carbons (Fsp3) is 0.133. The first-order valence-corrected chi connectivity index (χ1v) is 6.37. The molecule has 0 aliphatic heterocycles. The Labute approximate surface area is 122 Å². The van der Waals surface area contributed by atoms with Crippen LogP contribution in [0.15, 0.2) is 47.3 Å². The number of halogens is 3. The van der Waals surface area contributed by atoms with E-state index >= 15 is 0 Å². The Morgan fingerprint density at radius 2 is 1.77 bits per heavy atom. The third kappa shape index (κ3) is 2.24. The number of aromatic nitrogens is 2. The second-order valence-corrected chi connectivity index (χ2v) is 4.66. The fourth-order valence-corrected chi connectivity index (χ4v) is 2.35. The van der Waals surface area contributed by atoms with E-state index in [0.717, 1.165) is 6.07 Å². The molecule has 0 unspecified atom stereocenters. The van der Waals surface area contributed by atoms with E-state index in [1.165, 1.54) is 23.8 Å². The van der Waals surface area contributed by atoms with E-state index in [9.17, 15) is 18.0 Å². The fourth-order valence-electron chi connectivity index (χ4n) is 2.35. The molecule has 0 aliphatic rings. The van der Waals surface area contributed by atoms with Crippen molar-refractivity contribution in [3.8, 4) is 11.4 Å². The highest BCUT2D eigenvalue weighted by Crippen LogP contribution is 2.33. The zero-order valence-electron chi connectivity index (χ0n) is 11.4. The Balaban J connectivity index is 2.26. The molecule has 0 amide bonds. The summed E-state index contributed by atoms with van der Waals surface area (Å²) in [6.07, 6.45) is -4.53. The van der Waals surface area contributed by atoms with E-state index < -0.39 is 17.4 Å². The molecule has 0 radical (unpaired) electrons. The van der Waals surface area contributed by atoms with Crippen LogP contribution in [0.1, 0.15) is 5.56 Å². The van der Waals surface area contributed by atoms with Gasteiger partial charge < -0.3 is 9.72 Å². The number of hydrogen-bond acceptors (Lipinski definition) is 2. The lowest BCUT2D eigenvalue weighted by atomic mass is 10.1. The van der Waals surface area contributed by atoms with Crippen LogP contribution in [-0.4, -0.2) is 16.7 Å². The normalized spacial score (nSPS) is 11.8. The van der Waals surface area contributed by atoms with Gasteiger partial charge in [0, 0.05) is 0 Å². The third-order valence-corrected chi connectivity index (χ3v) is 3.35. The van der Waals surface area contributed by atoms with Gasteiger partial charge >= 0.3 is 11.9 Å². The van der Waals surface area contributed by atoms with E-state index in [4.69, 9.17) is 4.74 Å². The highest BCUT2D eigenvalue weighted by atomic mass is 19.4. The van der Waals surface area contributed by atoms with Crippen molar-refractivity contribution < 1.29 is 17.9 Å². The number of hydrogen-bond donors (Lipinski definition) is 1. The molecule has 3 aromatic rings. The minimum Gasteiger partial charge on any atom is -0.497 e. The van der Waals surface area contributed by atoms with Crippen LogP contribution in [0.3, 0.4) is 0 Å². The quantitative estimate of drug-likeness (QED) is 0.789. The molecule has 1 heterocycles. The topological polar surface area (TPSA) is 47.0 Å².